The van der Waals surface area contributed by atoms with E-state index in [1.165, 1.54) is 31.2 Å². The van der Waals surface area contributed by atoms with E-state index in [4.69, 9.17) is 5.11 Å². The standard InChI is InChI=1S/C13H16O2/c1-9-6-7-11(8-12(9)13(14)15)10-4-2-3-5-10/h6-8,10H,2-5H2,1H3,(H,14,15). The van der Waals surface area contributed by atoms with Gasteiger partial charge in [-0.3, -0.25) is 0 Å². The van der Waals surface area contributed by atoms with Gasteiger partial charge in [0.1, 0.15) is 0 Å². The predicted molar refractivity (Wildman–Crippen MR) is 59.3 cm³/mol. The topological polar surface area (TPSA) is 37.3 Å². The van der Waals surface area contributed by atoms with Crippen LogP contribution in [0.4, 0.5) is 0 Å². The van der Waals surface area contributed by atoms with Crippen LogP contribution in [0.25, 0.3) is 0 Å². The Morgan fingerprint density at radius 3 is 2.60 bits per heavy atom. The molecule has 15 heavy (non-hydrogen) atoms. The maximum atomic E-state index is 11.0. The van der Waals surface area contributed by atoms with Gasteiger partial charge in [-0.25, -0.2) is 4.79 Å². The van der Waals surface area contributed by atoms with Crippen molar-refractivity contribution < 1.29 is 9.90 Å². The number of carboxylic acid groups (broad SMARTS) is 1. The van der Waals surface area contributed by atoms with Crippen LogP contribution in [0.15, 0.2) is 18.2 Å². The molecule has 80 valence electrons. The van der Waals surface area contributed by atoms with Crippen LogP contribution in [-0.2, 0) is 0 Å². The molecule has 0 bridgehead atoms. The van der Waals surface area contributed by atoms with Gasteiger partial charge in [0, 0.05) is 0 Å². The fourth-order valence-electron chi connectivity index (χ4n) is 2.38. The van der Waals surface area contributed by atoms with E-state index in [-0.39, 0.29) is 0 Å². The van der Waals surface area contributed by atoms with Crippen LogP contribution in [0, 0.1) is 6.92 Å². The molecular weight excluding hydrogens is 188 g/mol. The molecule has 2 rings (SSSR count). The normalized spacial score (nSPS) is 16.9. The molecule has 1 saturated carbocycles. The maximum Gasteiger partial charge on any atom is 0.335 e. The molecule has 1 aliphatic carbocycles. The third-order valence-corrected chi connectivity index (χ3v) is 3.32. The van der Waals surface area contributed by atoms with E-state index in [0.717, 1.165) is 5.56 Å². The molecule has 0 amide bonds. The van der Waals surface area contributed by atoms with Gasteiger partial charge in [0.15, 0.2) is 0 Å². The van der Waals surface area contributed by atoms with Crippen LogP contribution in [0.1, 0.15) is 53.1 Å². The molecule has 0 aromatic heterocycles. The molecule has 0 aliphatic heterocycles. The summed E-state index contributed by atoms with van der Waals surface area (Å²) in [7, 11) is 0. The first-order valence-corrected chi connectivity index (χ1v) is 5.52. The van der Waals surface area contributed by atoms with Crippen LogP contribution in [-0.4, -0.2) is 11.1 Å². The average molecular weight is 204 g/mol. The summed E-state index contributed by atoms with van der Waals surface area (Å²) in [6.07, 6.45) is 4.98. The van der Waals surface area contributed by atoms with Crippen LogP contribution in [0.3, 0.4) is 0 Å². The first-order chi connectivity index (χ1) is 7.18. The molecule has 0 unspecified atom stereocenters. The Labute approximate surface area is 89.9 Å². The molecule has 0 atom stereocenters. The molecule has 0 heterocycles. The second-order valence-corrected chi connectivity index (χ2v) is 4.36. The lowest BCUT2D eigenvalue weighted by Crippen LogP contribution is -2.02. The molecule has 0 spiro atoms. The fourth-order valence-corrected chi connectivity index (χ4v) is 2.38. The highest BCUT2D eigenvalue weighted by molar-refractivity contribution is 5.89. The van der Waals surface area contributed by atoms with Crippen LogP contribution >= 0.6 is 0 Å². The SMILES string of the molecule is Cc1ccc(C2CCCC2)cc1C(=O)O. The van der Waals surface area contributed by atoms with E-state index < -0.39 is 5.97 Å². The Hall–Kier alpha value is -1.31. The molecular formula is C13H16O2. The molecule has 2 nitrogen and oxygen atoms in total. The summed E-state index contributed by atoms with van der Waals surface area (Å²) in [5.74, 6) is -0.226. The predicted octanol–water partition coefficient (Wildman–Crippen LogP) is 3.35. The second kappa shape index (κ2) is 4.05. The number of hydrogen-bond acceptors (Lipinski definition) is 1. The number of benzene rings is 1. The van der Waals surface area contributed by atoms with Crippen molar-refractivity contribution >= 4 is 5.97 Å². The summed E-state index contributed by atoms with van der Waals surface area (Å²) in [5.41, 5.74) is 2.51. The first kappa shape index (κ1) is 10.2. The average Bonchev–Trinajstić information content (AvgIpc) is 2.71. The molecule has 1 fully saturated rings. The van der Waals surface area contributed by atoms with Gasteiger partial charge in [-0.15, -0.1) is 0 Å². The molecule has 0 radical (unpaired) electrons. The highest BCUT2D eigenvalue weighted by atomic mass is 16.4. The van der Waals surface area contributed by atoms with E-state index in [9.17, 15) is 4.79 Å². The first-order valence-electron chi connectivity index (χ1n) is 5.52. The Bertz CT molecular complexity index is 376. The largest absolute Gasteiger partial charge is 0.478 e. The summed E-state index contributed by atoms with van der Waals surface area (Å²) >= 11 is 0. The van der Waals surface area contributed by atoms with Crippen molar-refractivity contribution in [1.29, 1.82) is 0 Å². The zero-order valence-corrected chi connectivity index (χ0v) is 8.99. The monoisotopic (exact) mass is 204 g/mol. The van der Waals surface area contributed by atoms with Crippen molar-refractivity contribution in [2.45, 2.75) is 38.5 Å². The van der Waals surface area contributed by atoms with E-state index in [1.807, 2.05) is 19.1 Å². The molecule has 1 N–H and O–H groups in total. The van der Waals surface area contributed by atoms with Crippen LogP contribution < -0.4 is 0 Å². The summed E-state index contributed by atoms with van der Waals surface area (Å²) < 4.78 is 0. The molecule has 1 aromatic rings. The van der Waals surface area contributed by atoms with Gasteiger partial charge >= 0.3 is 5.97 Å². The van der Waals surface area contributed by atoms with Gasteiger partial charge in [-0.1, -0.05) is 25.0 Å². The van der Waals surface area contributed by atoms with Gasteiger partial charge in [-0.2, -0.15) is 0 Å². The fraction of sp³-hybridized carbons (Fsp3) is 0.462. The number of rotatable bonds is 2. The Kier molecular flexibility index (Phi) is 2.76. The van der Waals surface area contributed by atoms with Gasteiger partial charge < -0.3 is 5.11 Å². The van der Waals surface area contributed by atoms with Crippen molar-refractivity contribution in [3.05, 3.63) is 34.9 Å². The molecule has 1 aromatic carbocycles. The Morgan fingerprint density at radius 2 is 2.00 bits per heavy atom. The lowest BCUT2D eigenvalue weighted by Gasteiger charge is -2.11. The van der Waals surface area contributed by atoms with Crippen molar-refractivity contribution in [2.75, 3.05) is 0 Å². The minimum Gasteiger partial charge on any atom is -0.478 e. The number of carbonyl (C=O) groups is 1. The van der Waals surface area contributed by atoms with E-state index >= 15 is 0 Å². The second-order valence-electron chi connectivity index (χ2n) is 4.36. The zero-order chi connectivity index (χ0) is 10.8. The summed E-state index contributed by atoms with van der Waals surface area (Å²) in [4.78, 5) is 11.0. The summed E-state index contributed by atoms with van der Waals surface area (Å²) in [6.45, 7) is 1.85. The third-order valence-electron chi connectivity index (χ3n) is 3.32. The Morgan fingerprint density at radius 1 is 1.33 bits per heavy atom. The number of carboxylic acids is 1. The smallest absolute Gasteiger partial charge is 0.335 e. The summed E-state index contributed by atoms with van der Waals surface area (Å²) in [5, 5.41) is 9.03. The minimum atomic E-state index is -0.813. The lowest BCUT2D eigenvalue weighted by molar-refractivity contribution is 0.0696. The van der Waals surface area contributed by atoms with E-state index in [2.05, 4.69) is 6.07 Å². The van der Waals surface area contributed by atoms with Crippen molar-refractivity contribution in [3.8, 4) is 0 Å². The molecule has 2 heteroatoms. The number of aromatic carboxylic acids is 1. The van der Waals surface area contributed by atoms with E-state index in [1.54, 1.807) is 0 Å². The minimum absolute atomic E-state index is 0.458. The van der Waals surface area contributed by atoms with E-state index in [0.29, 0.717) is 11.5 Å². The molecule has 0 saturated heterocycles. The zero-order valence-electron chi connectivity index (χ0n) is 8.99. The highest BCUT2D eigenvalue weighted by Crippen LogP contribution is 2.34. The summed E-state index contributed by atoms with van der Waals surface area (Å²) in [6, 6.07) is 5.86. The lowest BCUT2D eigenvalue weighted by atomic mass is 9.94. The van der Waals surface area contributed by atoms with Crippen molar-refractivity contribution in [2.24, 2.45) is 0 Å². The third kappa shape index (κ3) is 2.04. The maximum absolute atomic E-state index is 11.0. The van der Waals surface area contributed by atoms with Crippen molar-refractivity contribution in [3.63, 3.8) is 0 Å². The molecule has 1 aliphatic rings. The number of hydrogen-bond donors (Lipinski definition) is 1. The van der Waals surface area contributed by atoms with Gasteiger partial charge in [0.2, 0.25) is 0 Å². The number of aryl methyl sites for hydroxylation is 1. The van der Waals surface area contributed by atoms with Gasteiger partial charge in [0.05, 0.1) is 5.56 Å². The van der Waals surface area contributed by atoms with Crippen LogP contribution in [0.5, 0.6) is 0 Å². The highest BCUT2D eigenvalue weighted by Gasteiger charge is 2.18. The quantitative estimate of drug-likeness (QED) is 0.802. The van der Waals surface area contributed by atoms with Crippen molar-refractivity contribution in [1.82, 2.24) is 0 Å². The van der Waals surface area contributed by atoms with Gasteiger partial charge in [0.25, 0.3) is 0 Å². The Balaban J connectivity index is 2.33. The van der Waals surface area contributed by atoms with Gasteiger partial charge in [-0.05, 0) is 42.9 Å². The van der Waals surface area contributed by atoms with Crippen LogP contribution in [0.2, 0.25) is 0 Å².